The average molecular weight is 246 g/mol. The first-order chi connectivity index (χ1) is 8.69. The molecule has 3 nitrogen and oxygen atoms in total. The predicted octanol–water partition coefficient (Wildman–Crippen LogP) is 3.21. The van der Waals surface area contributed by atoms with Gasteiger partial charge in [-0.1, -0.05) is 26.0 Å². The van der Waals surface area contributed by atoms with E-state index in [4.69, 9.17) is 10.00 Å². The molecule has 0 aliphatic rings. The molecule has 1 rings (SSSR count). The maximum atomic E-state index is 8.45. The van der Waals surface area contributed by atoms with Crippen LogP contribution in [0, 0.1) is 11.3 Å². The van der Waals surface area contributed by atoms with Crippen LogP contribution in [0.1, 0.15) is 43.7 Å². The number of ether oxygens (including phenoxy) is 1. The summed E-state index contributed by atoms with van der Waals surface area (Å²) in [5.41, 5.74) is 2.50. The molecule has 0 spiro atoms. The summed E-state index contributed by atoms with van der Waals surface area (Å²) in [6, 6.07) is 8.46. The molecular formula is C15H22N2O. The molecule has 0 radical (unpaired) electrons. The van der Waals surface area contributed by atoms with Crippen LogP contribution in [0.15, 0.2) is 18.2 Å². The van der Waals surface area contributed by atoms with Crippen molar-refractivity contribution in [1.29, 1.82) is 5.26 Å². The van der Waals surface area contributed by atoms with Gasteiger partial charge in [0.2, 0.25) is 0 Å². The molecule has 1 aromatic carbocycles. The second-order valence-corrected chi connectivity index (χ2v) is 4.67. The van der Waals surface area contributed by atoms with Gasteiger partial charge in [0, 0.05) is 13.0 Å². The fourth-order valence-corrected chi connectivity index (χ4v) is 1.87. The second-order valence-electron chi connectivity index (χ2n) is 4.67. The Kier molecular flexibility index (Phi) is 6.24. The Morgan fingerprint density at radius 3 is 2.78 bits per heavy atom. The van der Waals surface area contributed by atoms with Crippen molar-refractivity contribution in [3.8, 4) is 11.8 Å². The topological polar surface area (TPSA) is 45.0 Å². The van der Waals surface area contributed by atoms with Gasteiger partial charge in [0.15, 0.2) is 0 Å². The Hall–Kier alpha value is -1.53. The number of hydrogen-bond acceptors (Lipinski definition) is 3. The van der Waals surface area contributed by atoms with E-state index in [0.29, 0.717) is 12.3 Å². The monoisotopic (exact) mass is 246 g/mol. The first-order valence-corrected chi connectivity index (χ1v) is 6.43. The van der Waals surface area contributed by atoms with Gasteiger partial charge in [-0.2, -0.15) is 5.26 Å². The summed E-state index contributed by atoms with van der Waals surface area (Å²) in [7, 11) is 1.71. The van der Waals surface area contributed by atoms with E-state index >= 15 is 0 Å². The molecule has 0 atom stereocenters. The summed E-state index contributed by atoms with van der Waals surface area (Å²) in [6.07, 6.45) is 1.52. The molecule has 0 aromatic heterocycles. The zero-order valence-corrected chi connectivity index (χ0v) is 11.5. The highest BCUT2D eigenvalue weighted by atomic mass is 16.5. The van der Waals surface area contributed by atoms with Crippen LogP contribution in [0.4, 0.5) is 0 Å². The third-order valence-corrected chi connectivity index (χ3v) is 2.89. The molecule has 0 aliphatic carbocycles. The van der Waals surface area contributed by atoms with Crippen molar-refractivity contribution in [2.75, 3.05) is 13.7 Å². The quantitative estimate of drug-likeness (QED) is 0.751. The van der Waals surface area contributed by atoms with Gasteiger partial charge in [0.1, 0.15) is 5.75 Å². The first-order valence-electron chi connectivity index (χ1n) is 6.43. The average Bonchev–Trinajstić information content (AvgIpc) is 2.38. The van der Waals surface area contributed by atoms with Crippen LogP contribution < -0.4 is 10.1 Å². The van der Waals surface area contributed by atoms with Crippen molar-refractivity contribution in [3.63, 3.8) is 0 Å². The first kappa shape index (κ1) is 14.5. The molecule has 0 unspecified atom stereocenters. The van der Waals surface area contributed by atoms with Gasteiger partial charge in [-0.25, -0.2) is 0 Å². The summed E-state index contributed by atoms with van der Waals surface area (Å²) < 4.78 is 5.36. The van der Waals surface area contributed by atoms with Gasteiger partial charge in [0.05, 0.1) is 13.2 Å². The molecule has 0 saturated heterocycles. The minimum absolute atomic E-state index is 0.457. The van der Waals surface area contributed by atoms with E-state index in [2.05, 4.69) is 37.4 Å². The van der Waals surface area contributed by atoms with E-state index in [0.717, 1.165) is 25.3 Å². The number of nitrogens with zero attached hydrogens (tertiary/aromatic N) is 1. The van der Waals surface area contributed by atoms with E-state index in [1.54, 1.807) is 7.11 Å². The minimum atomic E-state index is 0.457. The van der Waals surface area contributed by atoms with Crippen LogP contribution in [0.3, 0.4) is 0 Å². The standard InChI is InChI=1S/C15H22N2O/c1-12(2)14-10-13(6-7-15(14)18-3)11-17-9-5-4-8-16/h6-7,10,12,17H,4-5,9,11H2,1-3H3. The van der Waals surface area contributed by atoms with Crippen LogP contribution in [0.25, 0.3) is 0 Å². The number of unbranched alkanes of at least 4 members (excludes halogenated alkanes) is 1. The third kappa shape index (κ3) is 4.38. The summed E-state index contributed by atoms with van der Waals surface area (Å²) in [6.45, 7) is 6.07. The van der Waals surface area contributed by atoms with E-state index in [1.165, 1.54) is 11.1 Å². The number of rotatable bonds is 7. The van der Waals surface area contributed by atoms with Gasteiger partial charge < -0.3 is 10.1 Å². The lowest BCUT2D eigenvalue weighted by Crippen LogP contribution is -2.14. The van der Waals surface area contributed by atoms with Crippen LogP contribution in [-0.4, -0.2) is 13.7 Å². The van der Waals surface area contributed by atoms with E-state index in [1.807, 2.05) is 6.07 Å². The largest absolute Gasteiger partial charge is 0.496 e. The molecule has 98 valence electrons. The van der Waals surface area contributed by atoms with Gasteiger partial charge in [-0.3, -0.25) is 0 Å². The molecule has 0 saturated carbocycles. The molecule has 1 N–H and O–H groups in total. The Balaban J connectivity index is 2.57. The summed E-state index contributed by atoms with van der Waals surface area (Å²) >= 11 is 0. The van der Waals surface area contributed by atoms with Crippen molar-refractivity contribution in [3.05, 3.63) is 29.3 Å². The Labute approximate surface area is 110 Å². The third-order valence-electron chi connectivity index (χ3n) is 2.89. The van der Waals surface area contributed by atoms with Crippen LogP contribution in [-0.2, 0) is 6.54 Å². The van der Waals surface area contributed by atoms with Gasteiger partial charge in [-0.15, -0.1) is 0 Å². The lowest BCUT2D eigenvalue weighted by Gasteiger charge is -2.13. The van der Waals surface area contributed by atoms with Gasteiger partial charge in [-0.05, 0) is 36.1 Å². The summed E-state index contributed by atoms with van der Waals surface area (Å²) in [4.78, 5) is 0. The number of benzene rings is 1. The molecule has 0 amide bonds. The number of nitrogens with one attached hydrogen (secondary N) is 1. The lowest BCUT2D eigenvalue weighted by molar-refractivity contribution is 0.407. The normalized spacial score (nSPS) is 10.4. The van der Waals surface area contributed by atoms with Crippen molar-refractivity contribution in [2.24, 2.45) is 0 Å². The zero-order valence-electron chi connectivity index (χ0n) is 11.5. The summed E-state index contributed by atoms with van der Waals surface area (Å²) in [5, 5.41) is 11.8. The van der Waals surface area contributed by atoms with Crippen molar-refractivity contribution >= 4 is 0 Å². The Morgan fingerprint density at radius 1 is 1.39 bits per heavy atom. The highest BCUT2D eigenvalue weighted by Crippen LogP contribution is 2.27. The maximum absolute atomic E-state index is 8.45. The fourth-order valence-electron chi connectivity index (χ4n) is 1.87. The van der Waals surface area contributed by atoms with Crippen molar-refractivity contribution in [2.45, 2.75) is 39.2 Å². The van der Waals surface area contributed by atoms with E-state index < -0.39 is 0 Å². The predicted molar refractivity (Wildman–Crippen MR) is 73.6 cm³/mol. The zero-order chi connectivity index (χ0) is 13.4. The van der Waals surface area contributed by atoms with E-state index in [9.17, 15) is 0 Å². The highest BCUT2D eigenvalue weighted by molar-refractivity contribution is 5.39. The van der Waals surface area contributed by atoms with E-state index in [-0.39, 0.29) is 0 Å². The molecule has 1 aromatic rings. The molecular weight excluding hydrogens is 224 g/mol. The Morgan fingerprint density at radius 2 is 2.17 bits per heavy atom. The molecule has 0 fully saturated rings. The summed E-state index contributed by atoms with van der Waals surface area (Å²) in [5.74, 6) is 1.41. The molecule has 0 heterocycles. The number of nitriles is 1. The highest BCUT2D eigenvalue weighted by Gasteiger charge is 2.07. The smallest absolute Gasteiger partial charge is 0.122 e. The van der Waals surface area contributed by atoms with Gasteiger partial charge in [0.25, 0.3) is 0 Å². The second kappa shape index (κ2) is 7.73. The molecule has 18 heavy (non-hydrogen) atoms. The maximum Gasteiger partial charge on any atom is 0.122 e. The van der Waals surface area contributed by atoms with Crippen LogP contribution >= 0.6 is 0 Å². The van der Waals surface area contributed by atoms with Crippen LogP contribution in [0.5, 0.6) is 5.75 Å². The molecule has 0 bridgehead atoms. The van der Waals surface area contributed by atoms with Gasteiger partial charge >= 0.3 is 0 Å². The van der Waals surface area contributed by atoms with Crippen molar-refractivity contribution in [1.82, 2.24) is 5.32 Å². The van der Waals surface area contributed by atoms with Crippen molar-refractivity contribution < 1.29 is 4.74 Å². The Bertz CT molecular complexity index is 407. The minimum Gasteiger partial charge on any atom is -0.496 e. The fraction of sp³-hybridized carbons (Fsp3) is 0.533. The molecule has 3 heteroatoms. The lowest BCUT2D eigenvalue weighted by atomic mass is 9.99. The SMILES string of the molecule is COc1ccc(CNCCCC#N)cc1C(C)C. The number of methoxy groups -OCH3 is 1. The van der Waals surface area contributed by atoms with Crippen LogP contribution in [0.2, 0.25) is 0 Å². The molecule has 0 aliphatic heterocycles. The number of hydrogen-bond donors (Lipinski definition) is 1.